The number of hydrogen-bond acceptors (Lipinski definition) is 1. The standard InChI is InChI=1S/C4H2BrS/c5-4-1-2-6-3-4/h1-2H. The van der Waals surface area contributed by atoms with Crippen LogP contribution in [0, 0.1) is 5.38 Å². The Balaban J connectivity index is 3.05. The summed E-state index contributed by atoms with van der Waals surface area (Å²) in [4.78, 5) is 0. The summed E-state index contributed by atoms with van der Waals surface area (Å²) < 4.78 is 1.05. The Bertz CT molecular complexity index is 111. The molecule has 0 amide bonds. The molecule has 0 saturated heterocycles. The van der Waals surface area contributed by atoms with Crippen molar-refractivity contribution in [2.45, 2.75) is 0 Å². The zero-order valence-electron chi connectivity index (χ0n) is 2.94. The first kappa shape index (κ1) is 4.34. The van der Waals surface area contributed by atoms with Gasteiger partial charge in [0.05, 0.1) is 5.38 Å². The molecule has 2 heteroatoms. The molecular formula is C4H2BrS. The van der Waals surface area contributed by atoms with Gasteiger partial charge >= 0.3 is 0 Å². The van der Waals surface area contributed by atoms with E-state index in [0.29, 0.717) is 0 Å². The van der Waals surface area contributed by atoms with Crippen LogP contribution < -0.4 is 0 Å². The second kappa shape index (κ2) is 1.76. The van der Waals surface area contributed by atoms with Crippen molar-refractivity contribution >= 4 is 27.3 Å². The smallest absolute Gasteiger partial charge is 0.0596 e. The maximum atomic E-state index is 3.24. The minimum atomic E-state index is 1.05. The molecule has 0 fully saturated rings. The molecule has 0 aliphatic heterocycles. The second-order valence-corrected chi connectivity index (χ2v) is 2.44. The number of thiophene rings is 1. The van der Waals surface area contributed by atoms with Crippen molar-refractivity contribution in [3.8, 4) is 0 Å². The molecule has 0 N–H and O–H groups in total. The van der Waals surface area contributed by atoms with Gasteiger partial charge in [-0.2, -0.15) is 0 Å². The van der Waals surface area contributed by atoms with E-state index in [1.807, 2.05) is 11.4 Å². The van der Waals surface area contributed by atoms with E-state index in [9.17, 15) is 0 Å². The van der Waals surface area contributed by atoms with Crippen LogP contribution in [0.15, 0.2) is 15.9 Å². The van der Waals surface area contributed by atoms with E-state index >= 15 is 0 Å². The van der Waals surface area contributed by atoms with E-state index in [1.165, 1.54) is 0 Å². The monoisotopic (exact) mass is 161 g/mol. The third-order valence-corrected chi connectivity index (χ3v) is 1.77. The normalized spacial score (nSPS) is 8.83. The lowest BCUT2D eigenvalue weighted by Gasteiger charge is -1.61. The van der Waals surface area contributed by atoms with Crippen LogP contribution in [-0.2, 0) is 0 Å². The highest BCUT2D eigenvalue weighted by atomic mass is 79.9. The Morgan fingerprint density at radius 1 is 1.83 bits per heavy atom. The minimum Gasteiger partial charge on any atom is -0.142 e. The summed E-state index contributed by atoms with van der Waals surface area (Å²) in [5.74, 6) is 0. The fourth-order valence-electron chi connectivity index (χ4n) is 0.218. The highest BCUT2D eigenvalue weighted by molar-refractivity contribution is 9.10. The quantitative estimate of drug-likeness (QED) is 0.549. The van der Waals surface area contributed by atoms with Gasteiger partial charge in [0.15, 0.2) is 0 Å². The van der Waals surface area contributed by atoms with E-state index < -0.39 is 0 Å². The Morgan fingerprint density at radius 2 is 2.67 bits per heavy atom. The van der Waals surface area contributed by atoms with Crippen LogP contribution in [0.1, 0.15) is 0 Å². The predicted octanol–water partition coefficient (Wildman–Crippen LogP) is 2.31. The maximum absolute atomic E-state index is 3.24. The van der Waals surface area contributed by atoms with Gasteiger partial charge in [0, 0.05) is 4.47 Å². The summed E-state index contributed by atoms with van der Waals surface area (Å²) in [6, 6.07) is 1.96. The molecule has 0 aromatic carbocycles. The summed E-state index contributed by atoms with van der Waals surface area (Å²) in [5.41, 5.74) is 0. The van der Waals surface area contributed by atoms with E-state index in [2.05, 4.69) is 21.3 Å². The number of halogens is 1. The molecule has 1 aromatic heterocycles. The van der Waals surface area contributed by atoms with E-state index in [0.717, 1.165) is 4.47 Å². The van der Waals surface area contributed by atoms with Crippen molar-refractivity contribution in [3.05, 3.63) is 21.3 Å². The highest BCUT2D eigenvalue weighted by Crippen LogP contribution is 2.10. The van der Waals surface area contributed by atoms with Crippen LogP contribution in [0.5, 0.6) is 0 Å². The Morgan fingerprint density at radius 3 is 2.83 bits per heavy atom. The largest absolute Gasteiger partial charge is 0.142 e. The second-order valence-electron chi connectivity index (χ2n) is 0.871. The molecular weight excluding hydrogens is 160 g/mol. The topological polar surface area (TPSA) is 0 Å². The minimum absolute atomic E-state index is 1.05. The molecule has 0 spiro atoms. The third-order valence-electron chi connectivity index (χ3n) is 0.439. The molecule has 0 bridgehead atoms. The van der Waals surface area contributed by atoms with Gasteiger partial charge in [-0.3, -0.25) is 0 Å². The van der Waals surface area contributed by atoms with Crippen molar-refractivity contribution in [2.24, 2.45) is 0 Å². The molecule has 1 rings (SSSR count). The maximum Gasteiger partial charge on any atom is 0.0596 e. The van der Waals surface area contributed by atoms with Gasteiger partial charge < -0.3 is 0 Å². The van der Waals surface area contributed by atoms with Crippen LogP contribution in [0.3, 0.4) is 0 Å². The lowest BCUT2D eigenvalue weighted by Crippen LogP contribution is -1.36. The SMILES string of the molecule is Brc1[c]scc1. The van der Waals surface area contributed by atoms with Crippen LogP contribution in [0.2, 0.25) is 0 Å². The molecule has 1 heterocycles. The van der Waals surface area contributed by atoms with Gasteiger partial charge in [-0.15, -0.1) is 11.3 Å². The molecule has 31 valence electrons. The van der Waals surface area contributed by atoms with E-state index in [1.54, 1.807) is 11.3 Å². The number of rotatable bonds is 0. The van der Waals surface area contributed by atoms with Crippen molar-refractivity contribution in [3.63, 3.8) is 0 Å². The van der Waals surface area contributed by atoms with Crippen molar-refractivity contribution in [1.82, 2.24) is 0 Å². The molecule has 0 aliphatic carbocycles. The van der Waals surface area contributed by atoms with E-state index in [-0.39, 0.29) is 0 Å². The lowest BCUT2D eigenvalue weighted by atomic mass is 10.7. The molecule has 6 heavy (non-hydrogen) atoms. The average molecular weight is 162 g/mol. The van der Waals surface area contributed by atoms with Crippen molar-refractivity contribution < 1.29 is 0 Å². The molecule has 1 radical (unpaired) electrons. The van der Waals surface area contributed by atoms with Crippen LogP contribution in [-0.4, -0.2) is 0 Å². The van der Waals surface area contributed by atoms with E-state index in [4.69, 9.17) is 0 Å². The average Bonchev–Trinajstić information content (AvgIpc) is 1.86. The molecule has 0 saturated carbocycles. The van der Waals surface area contributed by atoms with Gasteiger partial charge in [-0.1, -0.05) is 0 Å². The first-order valence-corrected chi connectivity index (χ1v) is 3.17. The molecule has 1 aromatic rings. The Hall–Kier alpha value is 0.180. The van der Waals surface area contributed by atoms with Gasteiger partial charge in [0.25, 0.3) is 0 Å². The zero-order chi connectivity index (χ0) is 4.41. The fraction of sp³-hybridized carbons (Fsp3) is 0. The molecule has 0 unspecified atom stereocenters. The van der Waals surface area contributed by atoms with Crippen molar-refractivity contribution in [1.29, 1.82) is 0 Å². The lowest BCUT2D eigenvalue weighted by molar-refractivity contribution is 1.88. The van der Waals surface area contributed by atoms with Gasteiger partial charge in [0.2, 0.25) is 0 Å². The predicted molar refractivity (Wildman–Crippen MR) is 30.9 cm³/mol. The highest BCUT2D eigenvalue weighted by Gasteiger charge is 1.78. The Kier molecular flexibility index (Phi) is 1.27. The van der Waals surface area contributed by atoms with Crippen LogP contribution in [0.25, 0.3) is 0 Å². The Labute approximate surface area is 48.9 Å². The zero-order valence-corrected chi connectivity index (χ0v) is 5.34. The van der Waals surface area contributed by atoms with Crippen LogP contribution >= 0.6 is 27.3 Å². The first-order chi connectivity index (χ1) is 2.89. The molecule has 0 nitrogen and oxygen atoms in total. The summed E-state index contributed by atoms with van der Waals surface area (Å²) in [6.45, 7) is 0. The summed E-state index contributed by atoms with van der Waals surface area (Å²) in [7, 11) is 0. The summed E-state index contributed by atoms with van der Waals surface area (Å²) in [6.07, 6.45) is 0. The van der Waals surface area contributed by atoms with Crippen molar-refractivity contribution in [2.75, 3.05) is 0 Å². The third kappa shape index (κ3) is 0.820. The molecule has 0 aliphatic rings. The van der Waals surface area contributed by atoms with Gasteiger partial charge in [0.1, 0.15) is 0 Å². The number of hydrogen-bond donors (Lipinski definition) is 0. The molecule has 0 atom stereocenters. The van der Waals surface area contributed by atoms with Gasteiger partial charge in [-0.25, -0.2) is 0 Å². The van der Waals surface area contributed by atoms with Crippen LogP contribution in [0.4, 0.5) is 0 Å². The first-order valence-electron chi connectivity index (χ1n) is 1.50. The van der Waals surface area contributed by atoms with Gasteiger partial charge in [-0.05, 0) is 27.4 Å². The fourth-order valence-corrected chi connectivity index (χ4v) is 1.26. The summed E-state index contributed by atoms with van der Waals surface area (Å²) >= 11 is 4.80. The summed E-state index contributed by atoms with van der Waals surface area (Å²) in [5, 5.41) is 4.93.